The van der Waals surface area contributed by atoms with Crippen LogP contribution in [0.3, 0.4) is 0 Å². The molecule has 1 unspecified atom stereocenters. The molecule has 1 fully saturated rings. The average Bonchev–Trinajstić information content (AvgIpc) is 3.38. The summed E-state index contributed by atoms with van der Waals surface area (Å²) in [6, 6.07) is 33.4. The molecular formula is C35H34FN3O2. The molecule has 208 valence electrons. The first-order chi connectivity index (χ1) is 20.1. The molecular weight excluding hydrogens is 513 g/mol. The molecule has 0 radical (unpaired) electrons. The van der Waals surface area contributed by atoms with E-state index >= 15 is 0 Å². The summed E-state index contributed by atoms with van der Waals surface area (Å²) in [6.45, 7) is 3.61. The highest BCUT2D eigenvalue weighted by molar-refractivity contribution is 5.87. The third-order valence-electron chi connectivity index (χ3n) is 8.11. The predicted molar refractivity (Wildman–Crippen MR) is 162 cm³/mol. The van der Waals surface area contributed by atoms with Crippen LogP contribution in [0.5, 0.6) is 5.75 Å². The predicted octanol–water partition coefficient (Wildman–Crippen LogP) is 6.71. The van der Waals surface area contributed by atoms with Crippen LogP contribution in [-0.2, 0) is 11.3 Å². The van der Waals surface area contributed by atoms with Gasteiger partial charge in [0.05, 0.1) is 7.11 Å². The number of hydrogen-bond donors (Lipinski definition) is 0. The normalized spacial score (nSPS) is 14.3. The zero-order chi connectivity index (χ0) is 28.2. The second-order valence-electron chi connectivity index (χ2n) is 10.6. The molecule has 41 heavy (non-hydrogen) atoms. The first-order valence-corrected chi connectivity index (χ1v) is 14.1. The van der Waals surface area contributed by atoms with E-state index in [4.69, 9.17) is 4.74 Å². The maximum absolute atomic E-state index is 13.9. The number of para-hydroxylation sites is 1. The number of nitrogens with zero attached hydrogens (tertiary/aromatic N) is 3. The Kier molecular flexibility index (Phi) is 7.72. The molecule has 2 heterocycles. The minimum atomic E-state index is -0.278. The summed E-state index contributed by atoms with van der Waals surface area (Å²) < 4.78 is 21.5. The van der Waals surface area contributed by atoms with Crippen LogP contribution in [0.1, 0.15) is 29.0 Å². The molecule has 5 aromatic rings. The molecule has 1 aliphatic heterocycles. The topological polar surface area (TPSA) is 37.7 Å². The largest absolute Gasteiger partial charge is 0.497 e. The van der Waals surface area contributed by atoms with Gasteiger partial charge in [0.2, 0.25) is 5.91 Å². The lowest BCUT2D eigenvalue weighted by Crippen LogP contribution is -2.49. The number of carbonyl (C=O) groups is 1. The number of amides is 1. The molecule has 1 saturated heterocycles. The van der Waals surface area contributed by atoms with Gasteiger partial charge in [0.25, 0.3) is 0 Å². The fourth-order valence-electron chi connectivity index (χ4n) is 5.88. The number of aromatic nitrogens is 1. The summed E-state index contributed by atoms with van der Waals surface area (Å²) in [4.78, 5) is 18.1. The van der Waals surface area contributed by atoms with E-state index in [1.54, 1.807) is 7.11 Å². The van der Waals surface area contributed by atoms with Gasteiger partial charge in [-0.05, 0) is 59.2 Å². The third-order valence-corrected chi connectivity index (χ3v) is 8.11. The number of fused-ring (bicyclic) bond motifs is 1. The standard InChI is InChI=1S/C35H34FN3O2/c1-41-30-17-15-29(16-18-30)37-19-21-38(22-20-37)35(40)23-32(27-11-13-28(36)14-12-27)33-25-39(24-26-7-3-2-4-8-26)34-10-6-5-9-31(33)34/h2-18,25,32H,19-24H2,1H3. The van der Waals surface area contributed by atoms with E-state index in [2.05, 4.69) is 64.2 Å². The van der Waals surface area contributed by atoms with Crippen molar-refractivity contribution in [3.05, 3.63) is 132 Å². The van der Waals surface area contributed by atoms with Gasteiger partial charge in [0.1, 0.15) is 11.6 Å². The zero-order valence-corrected chi connectivity index (χ0v) is 23.2. The van der Waals surface area contributed by atoms with Gasteiger partial charge in [0, 0.05) is 67.8 Å². The lowest BCUT2D eigenvalue weighted by atomic mass is 9.87. The van der Waals surface area contributed by atoms with Crippen LogP contribution in [0.4, 0.5) is 10.1 Å². The minimum absolute atomic E-state index is 0.119. The fraction of sp³-hybridized carbons (Fsp3) is 0.229. The van der Waals surface area contributed by atoms with Crippen molar-refractivity contribution in [1.82, 2.24) is 9.47 Å². The van der Waals surface area contributed by atoms with Crippen LogP contribution >= 0.6 is 0 Å². The molecule has 1 aromatic heterocycles. The molecule has 0 saturated carbocycles. The Bertz CT molecular complexity index is 1610. The number of piperazine rings is 1. The van der Waals surface area contributed by atoms with Gasteiger partial charge < -0.3 is 19.1 Å². The number of rotatable bonds is 8. The summed E-state index contributed by atoms with van der Waals surface area (Å²) in [6.07, 6.45) is 2.51. The van der Waals surface area contributed by atoms with E-state index in [-0.39, 0.29) is 17.6 Å². The highest BCUT2D eigenvalue weighted by atomic mass is 19.1. The van der Waals surface area contributed by atoms with Crippen molar-refractivity contribution >= 4 is 22.5 Å². The van der Waals surface area contributed by atoms with E-state index in [1.807, 2.05) is 47.4 Å². The van der Waals surface area contributed by atoms with Gasteiger partial charge in [0.15, 0.2) is 0 Å². The van der Waals surface area contributed by atoms with Crippen molar-refractivity contribution in [3.8, 4) is 5.75 Å². The van der Waals surface area contributed by atoms with E-state index < -0.39 is 0 Å². The van der Waals surface area contributed by atoms with Crippen molar-refractivity contribution in [1.29, 1.82) is 0 Å². The molecule has 5 nitrogen and oxygen atoms in total. The van der Waals surface area contributed by atoms with Crippen LogP contribution in [-0.4, -0.2) is 48.7 Å². The van der Waals surface area contributed by atoms with Crippen LogP contribution in [0, 0.1) is 5.82 Å². The Balaban J connectivity index is 1.26. The molecule has 6 heteroatoms. The van der Waals surface area contributed by atoms with Gasteiger partial charge in [-0.1, -0.05) is 60.7 Å². The van der Waals surface area contributed by atoms with Crippen LogP contribution in [0.25, 0.3) is 10.9 Å². The average molecular weight is 548 g/mol. The highest BCUT2D eigenvalue weighted by Crippen LogP contribution is 2.36. The fourth-order valence-corrected chi connectivity index (χ4v) is 5.88. The second kappa shape index (κ2) is 11.9. The van der Waals surface area contributed by atoms with Gasteiger partial charge >= 0.3 is 0 Å². The summed E-state index contributed by atoms with van der Waals surface area (Å²) >= 11 is 0. The first-order valence-electron chi connectivity index (χ1n) is 14.1. The van der Waals surface area contributed by atoms with Crippen LogP contribution < -0.4 is 9.64 Å². The number of methoxy groups -OCH3 is 1. The minimum Gasteiger partial charge on any atom is -0.497 e. The number of hydrogen-bond acceptors (Lipinski definition) is 3. The van der Waals surface area contributed by atoms with E-state index in [0.29, 0.717) is 19.5 Å². The smallest absolute Gasteiger partial charge is 0.223 e. The summed E-state index contributed by atoms with van der Waals surface area (Å²) in [5, 5.41) is 1.12. The summed E-state index contributed by atoms with van der Waals surface area (Å²) in [5.74, 6) is 0.484. The number of anilines is 1. The van der Waals surface area contributed by atoms with Crippen molar-refractivity contribution in [2.45, 2.75) is 18.9 Å². The molecule has 0 bridgehead atoms. The van der Waals surface area contributed by atoms with Crippen LogP contribution in [0.2, 0.25) is 0 Å². The van der Waals surface area contributed by atoms with E-state index in [1.165, 1.54) is 17.7 Å². The highest BCUT2D eigenvalue weighted by Gasteiger charge is 2.27. The first kappa shape index (κ1) is 26.6. The van der Waals surface area contributed by atoms with Gasteiger partial charge in [-0.15, -0.1) is 0 Å². The van der Waals surface area contributed by atoms with Crippen molar-refractivity contribution in [2.24, 2.45) is 0 Å². The third kappa shape index (κ3) is 5.82. The Morgan fingerprint density at radius 3 is 2.22 bits per heavy atom. The summed E-state index contributed by atoms with van der Waals surface area (Å²) in [5.41, 5.74) is 5.50. The number of halogens is 1. The van der Waals surface area contributed by atoms with Crippen LogP contribution in [0.15, 0.2) is 109 Å². The van der Waals surface area contributed by atoms with E-state index in [9.17, 15) is 9.18 Å². The maximum Gasteiger partial charge on any atom is 0.223 e. The van der Waals surface area contributed by atoms with E-state index in [0.717, 1.165) is 53.1 Å². The molecule has 1 atom stereocenters. The SMILES string of the molecule is COc1ccc(N2CCN(C(=O)CC(c3ccc(F)cc3)c3cn(Cc4ccccc4)c4ccccc34)CC2)cc1. The van der Waals surface area contributed by atoms with Gasteiger partial charge in [-0.3, -0.25) is 4.79 Å². The lowest BCUT2D eigenvalue weighted by Gasteiger charge is -2.36. The Morgan fingerprint density at radius 2 is 1.51 bits per heavy atom. The molecule has 4 aromatic carbocycles. The Hall–Kier alpha value is -4.58. The molecule has 0 aliphatic carbocycles. The number of ether oxygens (including phenoxy) is 1. The monoisotopic (exact) mass is 547 g/mol. The van der Waals surface area contributed by atoms with Gasteiger partial charge in [-0.25, -0.2) is 4.39 Å². The van der Waals surface area contributed by atoms with Crippen molar-refractivity contribution < 1.29 is 13.9 Å². The molecule has 0 spiro atoms. The molecule has 0 N–H and O–H groups in total. The number of carbonyl (C=O) groups excluding carboxylic acids is 1. The van der Waals surface area contributed by atoms with Crippen molar-refractivity contribution in [2.75, 3.05) is 38.2 Å². The Labute approximate surface area is 240 Å². The second-order valence-corrected chi connectivity index (χ2v) is 10.6. The number of benzene rings is 4. The Morgan fingerprint density at radius 1 is 0.829 bits per heavy atom. The molecule has 1 amide bonds. The zero-order valence-electron chi connectivity index (χ0n) is 23.2. The molecule has 1 aliphatic rings. The molecule has 6 rings (SSSR count). The van der Waals surface area contributed by atoms with Gasteiger partial charge in [-0.2, -0.15) is 0 Å². The quantitative estimate of drug-likeness (QED) is 0.217. The van der Waals surface area contributed by atoms with Crippen molar-refractivity contribution in [3.63, 3.8) is 0 Å². The maximum atomic E-state index is 13.9. The summed E-state index contributed by atoms with van der Waals surface area (Å²) in [7, 11) is 1.67. The lowest BCUT2D eigenvalue weighted by molar-refractivity contribution is -0.131.